The third kappa shape index (κ3) is 3.46. The quantitative estimate of drug-likeness (QED) is 0.341. The number of nitrogens with one attached hydrogen (secondary N) is 2. The van der Waals surface area contributed by atoms with E-state index in [0.29, 0.717) is 12.0 Å². The van der Waals surface area contributed by atoms with Gasteiger partial charge in [0.15, 0.2) is 0 Å². The lowest BCUT2D eigenvalue weighted by Crippen LogP contribution is -2.37. The van der Waals surface area contributed by atoms with Crippen LogP contribution in [0.5, 0.6) is 0 Å². The van der Waals surface area contributed by atoms with Crippen LogP contribution < -0.4 is 16.6 Å². The van der Waals surface area contributed by atoms with Crippen molar-refractivity contribution in [2.75, 3.05) is 5.32 Å². The first-order valence-corrected chi connectivity index (χ1v) is 7.06. The topological polar surface area (TPSA) is 62.4 Å². The summed E-state index contributed by atoms with van der Waals surface area (Å²) in [6, 6.07) is 6.48. The second-order valence-corrected chi connectivity index (χ2v) is 5.50. The maximum absolute atomic E-state index is 5.51. The number of nitrogens with zero attached hydrogens (tertiary/aromatic N) is 1. The molecule has 0 saturated heterocycles. The van der Waals surface area contributed by atoms with Crippen LogP contribution in [-0.2, 0) is 0 Å². The Hall–Kier alpha value is -1.07. The molecule has 1 aromatic carbocycles. The molecule has 1 aliphatic rings. The number of benzene rings is 1. The van der Waals surface area contributed by atoms with Gasteiger partial charge in [0, 0.05) is 10.2 Å². The highest BCUT2D eigenvalue weighted by Gasteiger charge is 2.14. The Morgan fingerprint density at radius 2 is 2.11 bits per heavy atom. The zero-order valence-corrected chi connectivity index (χ0v) is 12.1. The Balaban J connectivity index is 2.07. The van der Waals surface area contributed by atoms with Crippen molar-refractivity contribution in [2.45, 2.75) is 38.6 Å². The van der Waals surface area contributed by atoms with Crippen molar-refractivity contribution in [3.63, 3.8) is 0 Å². The number of hydrogen-bond acceptors (Lipinski definition) is 2. The fraction of sp³-hybridized carbons (Fsp3) is 0.462. The Bertz CT molecular complexity index is 439. The van der Waals surface area contributed by atoms with Crippen molar-refractivity contribution in [3.8, 4) is 0 Å². The van der Waals surface area contributed by atoms with Gasteiger partial charge in [-0.2, -0.15) is 0 Å². The first kappa shape index (κ1) is 13.4. The summed E-state index contributed by atoms with van der Waals surface area (Å²) in [6.07, 6.45) is 4.85. The van der Waals surface area contributed by atoms with E-state index < -0.39 is 0 Å². The van der Waals surface area contributed by atoms with Crippen LogP contribution in [0.3, 0.4) is 0 Å². The highest BCUT2D eigenvalue weighted by molar-refractivity contribution is 9.10. The summed E-state index contributed by atoms with van der Waals surface area (Å²) >= 11 is 3.49. The predicted molar refractivity (Wildman–Crippen MR) is 79.5 cm³/mol. The molecule has 4 nitrogen and oxygen atoms in total. The molecular formula is C13H19BrN4. The summed E-state index contributed by atoms with van der Waals surface area (Å²) in [5, 5.41) is 3.22. The van der Waals surface area contributed by atoms with E-state index in [1.807, 2.05) is 12.1 Å². The molecule has 1 saturated carbocycles. The van der Waals surface area contributed by atoms with Gasteiger partial charge in [-0.15, -0.1) is 0 Å². The number of halogens is 1. The third-order valence-corrected chi connectivity index (χ3v) is 4.08. The van der Waals surface area contributed by atoms with Crippen molar-refractivity contribution < 1.29 is 0 Å². The molecule has 98 valence electrons. The van der Waals surface area contributed by atoms with Crippen LogP contribution in [0.1, 0.15) is 31.2 Å². The van der Waals surface area contributed by atoms with Gasteiger partial charge >= 0.3 is 0 Å². The van der Waals surface area contributed by atoms with Crippen molar-refractivity contribution in [3.05, 3.63) is 28.2 Å². The molecule has 0 amide bonds. The second-order valence-electron chi connectivity index (χ2n) is 4.65. The number of anilines is 1. The van der Waals surface area contributed by atoms with Crippen LogP contribution in [0.25, 0.3) is 0 Å². The first-order valence-electron chi connectivity index (χ1n) is 6.26. The van der Waals surface area contributed by atoms with Gasteiger partial charge < -0.3 is 5.32 Å². The van der Waals surface area contributed by atoms with Crippen LogP contribution in [0.15, 0.2) is 27.7 Å². The molecule has 0 heterocycles. The van der Waals surface area contributed by atoms with Gasteiger partial charge in [-0.25, -0.2) is 10.8 Å². The van der Waals surface area contributed by atoms with E-state index in [9.17, 15) is 0 Å². The number of nitrogens with two attached hydrogens (primary N) is 1. The minimum Gasteiger partial charge on any atom is -0.325 e. The van der Waals surface area contributed by atoms with Crippen LogP contribution in [0.2, 0.25) is 0 Å². The predicted octanol–water partition coefficient (Wildman–Crippen LogP) is 2.93. The monoisotopic (exact) mass is 310 g/mol. The number of aryl methyl sites for hydroxylation is 1. The molecule has 1 aromatic rings. The van der Waals surface area contributed by atoms with Gasteiger partial charge in [-0.3, -0.25) is 5.43 Å². The van der Waals surface area contributed by atoms with E-state index in [-0.39, 0.29) is 0 Å². The Kier molecular flexibility index (Phi) is 4.60. The molecular weight excluding hydrogens is 292 g/mol. The maximum Gasteiger partial charge on any atom is 0.210 e. The Morgan fingerprint density at radius 1 is 1.39 bits per heavy atom. The molecule has 0 spiro atoms. The van der Waals surface area contributed by atoms with E-state index in [2.05, 4.69) is 44.7 Å². The number of guanidine groups is 1. The van der Waals surface area contributed by atoms with E-state index in [1.54, 1.807) is 0 Å². The molecule has 4 N–H and O–H groups in total. The summed E-state index contributed by atoms with van der Waals surface area (Å²) in [5.74, 6) is 6.16. The zero-order chi connectivity index (χ0) is 13.0. The van der Waals surface area contributed by atoms with Gasteiger partial charge in [0.05, 0.1) is 6.04 Å². The average molecular weight is 311 g/mol. The van der Waals surface area contributed by atoms with E-state index in [1.165, 1.54) is 18.4 Å². The number of hydrogen-bond donors (Lipinski definition) is 3. The lowest BCUT2D eigenvalue weighted by Gasteiger charge is -2.12. The molecule has 0 radical (unpaired) electrons. The summed E-state index contributed by atoms with van der Waals surface area (Å²) in [7, 11) is 0. The van der Waals surface area contributed by atoms with Crippen LogP contribution in [0.4, 0.5) is 5.69 Å². The average Bonchev–Trinajstić information content (AvgIpc) is 2.86. The normalized spacial score (nSPS) is 16.9. The van der Waals surface area contributed by atoms with Crippen molar-refractivity contribution >= 4 is 27.6 Å². The zero-order valence-electron chi connectivity index (χ0n) is 10.5. The smallest absolute Gasteiger partial charge is 0.210 e. The molecule has 0 aliphatic heterocycles. The van der Waals surface area contributed by atoms with Crippen LogP contribution in [-0.4, -0.2) is 12.0 Å². The standard InChI is InChI=1S/C13H19BrN4/c1-9-8-11(6-7-12(9)14)17-13(18-15)16-10-4-2-3-5-10/h6-8,10H,2-5,15H2,1H3,(H2,16,17,18). The molecule has 1 fully saturated rings. The summed E-state index contributed by atoms with van der Waals surface area (Å²) in [6.45, 7) is 2.05. The number of hydrazine groups is 1. The molecule has 0 atom stereocenters. The van der Waals surface area contributed by atoms with Gasteiger partial charge in [-0.05, 0) is 43.5 Å². The molecule has 0 bridgehead atoms. The Morgan fingerprint density at radius 3 is 2.72 bits per heavy atom. The molecule has 1 aliphatic carbocycles. The number of aliphatic imine (C=N–C) groups is 1. The largest absolute Gasteiger partial charge is 0.325 e. The number of rotatable bonds is 2. The molecule has 5 heteroatoms. The highest BCUT2D eigenvalue weighted by Crippen LogP contribution is 2.22. The summed E-state index contributed by atoms with van der Waals surface area (Å²) < 4.78 is 1.10. The van der Waals surface area contributed by atoms with E-state index in [0.717, 1.165) is 23.0 Å². The molecule has 2 rings (SSSR count). The fourth-order valence-electron chi connectivity index (χ4n) is 2.18. The molecule has 18 heavy (non-hydrogen) atoms. The fourth-order valence-corrected chi connectivity index (χ4v) is 2.43. The van der Waals surface area contributed by atoms with Crippen LogP contribution in [0, 0.1) is 6.92 Å². The minimum atomic E-state index is 0.403. The van der Waals surface area contributed by atoms with Gasteiger partial charge in [0.25, 0.3) is 0 Å². The van der Waals surface area contributed by atoms with E-state index in [4.69, 9.17) is 5.84 Å². The van der Waals surface area contributed by atoms with Crippen molar-refractivity contribution in [1.29, 1.82) is 0 Å². The third-order valence-electron chi connectivity index (χ3n) is 3.19. The maximum atomic E-state index is 5.51. The first-order chi connectivity index (χ1) is 8.69. The van der Waals surface area contributed by atoms with Crippen LogP contribution >= 0.6 is 15.9 Å². The lowest BCUT2D eigenvalue weighted by molar-refractivity contribution is 0.700. The lowest BCUT2D eigenvalue weighted by atomic mass is 10.2. The minimum absolute atomic E-state index is 0.403. The van der Waals surface area contributed by atoms with E-state index >= 15 is 0 Å². The van der Waals surface area contributed by atoms with Gasteiger partial charge in [0.1, 0.15) is 0 Å². The highest BCUT2D eigenvalue weighted by atomic mass is 79.9. The van der Waals surface area contributed by atoms with Gasteiger partial charge in [0.2, 0.25) is 5.96 Å². The second kappa shape index (κ2) is 6.20. The van der Waals surface area contributed by atoms with Crippen molar-refractivity contribution in [1.82, 2.24) is 5.43 Å². The Labute approximate surface area is 116 Å². The molecule has 0 unspecified atom stereocenters. The molecule has 0 aromatic heterocycles. The summed E-state index contributed by atoms with van der Waals surface area (Å²) in [4.78, 5) is 4.60. The van der Waals surface area contributed by atoms with Gasteiger partial charge in [-0.1, -0.05) is 28.8 Å². The summed E-state index contributed by atoms with van der Waals surface area (Å²) in [5.41, 5.74) is 4.81. The van der Waals surface area contributed by atoms with Crippen molar-refractivity contribution in [2.24, 2.45) is 10.8 Å². The SMILES string of the molecule is Cc1cc(NC(=NC2CCCC2)NN)ccc1Br.